The number of esters is 1. The molecule has 1 atom stereocenters. The molecule has 4 heteroatoms. The van der Waals surface area contributed by atoms with Gasteiger partial charge in [0.25, 0.3) is 0 Å². The van der Waals surface area contributed by atoms with Gasteiger partial charge >= 0.3 is 5.97 Å². The summed E-state index contributed by atoms with van der Waals surface area (Å²) in [5, 5.41) is 3.33. The number of ether oxygens (including phenoxy) is 1. The first kappa shape index (κ1) is 17.4. The normalized spacial score (nSPS) is 13.7. The van der Waals surface area contributed by atoms with Gasteiger partial charge in [-0.15, -0.1) is 0 Å². The number of likely N-dealkylation sites (N-methyl/N-ethyl adjacent to an activating group) is 1. The molecule has 0 saturated carbocycles. The fraction of sp³-hybridized carbons (Fsp3) is 0.929. The van der Waals surface area contributed by atoms with Gasteiger partial charge in [-0.1, -0.05) is 34.6 Å². The minimum Gasteiger partial charge on any atom is -0.465 e. The summed E-state index contributed by atoms with van der Waals surface area (Å²) in [4.78, 5) is 14.2. The Kier molecular flexibility index (Phi) is 8.20. The van der Waals surface area contributed by atoms with Crippen molar-refractivity contribution in [2.75, 3.05) is 32.8 Å². The minimum absolute atomic E-state index is 0.129. The fourth-order valence-electron chi connectivity index (χ4n) is 1.88. The lowest BCUT2D eigenvalue weighted by molar-refractivity contribution is -0.148. The predicted octanol–water partition coefficient (Wildman–Crippen LogP) is 1.90. The molecule has 0 amide bonds. The Balaban J connectivity index is 4.31. The van der Waals surface area contributed by atoms with Crippen molar-refractivity contribution >= 4 is 5.97 Å². The molecule has 4 nitrogen and oxygen atoms in total. The molecule has 0 rings (SSSR count). The van der Waals surface area contributed by atoms with Gasteiger partial charge in [0.2, 0.25) is 0 Å². The quantitative estimate of drug-likeness (QED) is 0.675. The molecule has 18 heavy (non-hydrogen) atoms. The zero-order valence-corrected chi connectivity index (χ0v) is 12.9. The van der Waals surface area contributed by atoms with Gasteiger partial charge in [0.05, 0.1) is 6.61 Å². The van der Waals surface area contributed by atoms with Crippen molar-refractivity contribution in [3.05, 3.63) is 0 Å². The van der Waals surface area contributed by atoms with Crippen LogP contribution >= 0.6 is 0 Å². The number of hydrogen-bond acceptors (Lipinski definition) is 4. The molecule has 0 aliphatic rings. The predicted molar refractivity (Wildman–Crippen MR) is 75.7 cm³/mol. The van der Waals surface area contributed by atoms with Gasteiger partial charge in [-0.3, -0.25) is 4.79 Å². The number of nitrogens with one attached hydrogen (secondary N) is 1. The van der Waals surface area contributed by atoms with E-state index in [1.54, 1.807) is 0 Å². The Morgan fingerprint density at radius 3 is 2.17 bits per heavy atom. The standard InChI is InChI=1S/C14H30N2O2/c1-7-16(8-2)11-10-15-12(14(4,5)6)13(17)18-9-3/h12,15H,7-11H2,1-6H3. The highest BCUT2D eigenvalue weighted by atomic mass is 16.5. The molecule has 0 fully saturated rings. The second-order valence-electron chi connectivity index (χ2n) is 5.53. The second kappa shape index (κ2) is 8.48. The van der Waals surface area contributed by atoms with Crippen LogP contribution < -0.4 is 5.32 Å². The van der Waals surface area contributed by atoms with E-state index in [1.165, 1.54) is 0 Å². The zero-order chi connectivity index (χ0) is 14.2. The largest absolute Gasteiger partial charge is 0.465 e. The molecule has 0 bridgehead atoms. The molecule has 0 saturated heterocycles. The second-order valence-corrected chi connectivity index (χ2v) is 5.53. The van der Waals surface area contributed by atoms with Gasteiger partial charge in [0.15, 0.2) is 0 Å². The van der Waals surface area contributed by atoms with Crippen LogP contribution in [0.15, 0.2) is 0 Å². The van der Waals surface area contributed by atoms with E-state index in [9.17, 15) is 4.79 Å². The number of carbonyl (C=O) groups is 1. The molecule has 1 unspecified atom stereocenters. The maximum atomic E-state index is 11.9. The zero-order valence-electron chi connectivity index (χ0n) is 12.9. The van der Waals surface area contributed by atoms with Crippen LogP contribution in [0.2, 0.25) is 0 Å². The molecule has 0 aromatic heterocycles. The first-order chi connectivity index (χ1) is 8.36. The Morgan fingerprint density at radius 1 is 1.22 bits per heavy atom. The smallest absolute Gasteiger partial charge is 0.323 e. The average molecular weight is 258 g/mol. The first-order valence-corrected chi connectivity index (χ1v) is 6.99. The first-order valence-electron chi connectivity index (χ1n) is 6.99. The molecule has 0 aromatic rings. The molecule has 1 N–H and O–H groups in total. The van der Waals surface area contributed by atoms with E-state index in [2.05, 4.69) is 44.8 Å². The summed E-state index contributed by atoms with van der Waals surface area (Å²) >= 11 is 0. The molecule has 108 valence electrons. The molecule has 0 aliphatic carbocycles. The van der Waals surface area contributed by atoms with Crippen molar-refractivity contribution in [2.45, 2.75) is 47.6 Å². The van der Waals surface area contributed by atoms with Gasteiger partial charge in [0, 0.05) is 13.1 Å². The maximum absolute atomic E-state index is 11.9. The Labute approximate surface area is 112 Å². The maximum Gasteiger partial charge on any atom is 0.323 e. The van der Waals surface area contributed by atoms with Crippen molar-refractivity contribution in [2.24, 2.45) is 5.41 Å². The van der Waals surface area contributed by atoms with Crippen LogP contribution in [0.25, 0.3) is 0 Å². The molecule has 0 aliphatic heterocycles. The number of carbonyl (C=O) groups excluding carboxylic acids is 1. The Morgan fingerprint density at radius 2 is 1.78 bits per heavy atom. The topological polar surface area (TPSA) is 41.6 Å². The van der Waals surface area contributed by atoms with Crippen LogP contribution in [-0.4, -0.2) is 49.7 Å². The fourth-order valence-corrected chi connectivity index (χ4v) is 1.88. The number of rotatable bonds is 8. The average Bonchev–Trinajstić information content (AvgIpc) is 2.28. The Bertz CT molecular complexity index is 232. The van der Waals surface area contributed by atoms with Crippen LogP contribution in [0, 0.1) is 5.41 Å². The van der Waals surface area contributed by atoms with Crippen molar-refractivity contribution in [1.82, 2.24) is 10.2 Å². The van der Waals surface area contributed by atoms with Crippen LogP contribution in [0.5, 0.6) is 0 Å². The van der Waals surface area contributed by atoms with E-state index in [0.717, 1.165) is 26.2 Å². The lowest BCUT2D eigenvalue weighted by Crippen LogP contribution is -2.49. The molecule has 0 radical (unpaired) electrons. The summed E-state index contributed by atoms with van der Waals surface area (Å²) < 4.78 is 5.13. The van der Waals surface area contributed by atoms with Gasteiger partial charge < -0.3 is 15.0 Å². The monoisotopic (exact) mass is 258 g/mol. The van der Waals surface area contributed by atoms with Gasteiger partial charge in [-0.2, -0.15) is 0 Å². The van der Waals surface area contributed by atoms with Gasteiger partial charge in [0.1, 0.15) is 6.04 Å². The summed E-state index contributed by atoms with van der Waals surface area (Å²) in [6, 6.07) is -0.243. The van der Waals surface area contributed by atoms with E-state index >= 15 is 0 Å². The third-order valence-electron chi connectivity index (χ3n) is 3.06. The van der Waals surface area contributed by atoms with E-state index in [-0.39, 0.29) is 17.4 Å². The SMILES string of the molecule is CCOC(=O)C(NCCN(CC)CC)C(C)(C)C. The van der Waals surface area contributed by atoms with Crippen LogP contribution in [0.3, 0.4) is 0 Å². The van der Waals surface area contributed by atoms with Crippen molar-refractivity contribution in [3.63, 3.8) is 0 Å². The number of hydrogen-bond donors (Lipinski definition) is 1. The van der Waals surface area contributed by atoms with Gasteiger partial charge in [-0.05, 0) is 25.4 Å². The highest BCUT2D eigenvalue weighted by molar-refractivity contribution is 5.76. The van der Waals surface area contributed by atoms with Crippen molar-refractivity contribution < 1.29 is 9.53 Å². The van der Waals surface area contributed by atoms with Crippen LogP contribution in [0.4, 0.5) is 0 Å². The highest BCUT2D eigenvalue weighted by Gasteiger charge is 2.31. The third-order valence-corrected chi connectivity index (χ3v) is 3.06. The summed E-state index contributed by atoms with van der Waals surface area (Å²) in [6.45, 7) is 16.6. The van der Waals surface area contributed by atoms with E-state index in [0.29, 0.717) is 6.61 Å². The van der Waals surface area contributed by atoms with E-state index in [1.807, 2.05) is 6.92 Å². The lowest BCUT2D eigenvalue weighted by atomic mass is 9.86. The van der Waals surface area contributed by atoms with Crippen LogP contribution in [-0.2, 0) is 9.53 Å². The molecule has 0 aromatic carbocycles. The van der Waals surface area contributed by atoms with E-state index < -0.39 is 0 Å². The molecular weight excluding hydrogens is 228 g/mol. The molecular formula is C14H30N2O2. The third kappa shape index (κ3) is 6.36. The van der Waals surface area contributed by atoms with Gasteiger partial charge in [-0.25, -0.2) is 0 Å². The van der Waals surface area contributed by atoms with Crippen molar-refractivity contribution in [1.29, 1.82) is 0 Å². The lowest BCUT2D eigenvalue weighted by Gasteiger charge is -2.30. The Hall–Kier alpha value is -0.610. The van der Waals surface area contributed by atoms with E-state index in [4.69, 9.17) is 4.74 Å². The summed E-state index contributed by atoms with van der Waals surface area (Å²) in [6.07, 6.45) is 0. The highest BCUT2D eigenvalue weighted by Crippen LogP contribution is 2.20. The van der Waals surface area contributed by atoms with Crippen LogP contribution in [0.1, 0.15) is 41.5 Å². The molecule has 0 heterocycles. The molecule has 0 spiro atoms. The summed E-state index contributed by atoms with van der Waals surface area (Å²) in [5.74, 6) is -0.149. The summed E-state index contributed by atoms with van der Waals surface area (Å²) in [5.41, 5.74) is -0.129. The summed E-state index contributed by atoms with van der Waals surface area (Å²) in [7, 11) is 0. The minimum atomic E-state index is -0.243. The number of nitrogens with zero attached hydrogens (tertiary/aromatic N) is 1. The van der Waals surface area contributed by atoms with Crippen molar-refractivity contribution in [3.8, 4) is 0 Å².